The van der Waals surface area contributed by atoms with Crippen LogP contribution < -0.4 is 0 Å². The third-order valence-corrected chi connectivity index (χ3v) is 4.82. The van der Waals surface area contributed by atoms with Gasteiger partial charge in [-0.1, -0.05) is 34.8 Å². The molecule has 0 spiro atoms. The van der Waals surface area contributed by atoms with Gasteiger partial charge in [0.15, 0.2) is 0 Å². The molecule has 0 aliphatic rings. The van der Waals surface area contributed by atoms with Crippen molar-refractivity contribution in [3.05, 3.63) is 51.7 Å². The smallest absolute Gasteiger partial charge is 0.209 e. The van der Waals surface area contributed by atoms with Crippen molar-refractivity contribution in [1.82, 2.24) is 4.98 Å². The zero-order valence-corrected chi connectivity index (χ0v) is 11.9. The van der Waals surface area contributed by atoms with Gasteiger partial charge in [-0.2, -0.15) is 0 Å². The highest BCUT2D eigenvalue weighted by atomic mass is 35.5. The van der Waals surface area contributed by atoms with Crippen LogP contribution in [-0.4, -0.2) is 13.4 Å². The Hall–Kier alpha value is -0.810. The first kappa shape index (κ1) is 13.6. The van der Waals surface area contributed by atoms with Gasteiger partial charge in [0.25, 0.3) is 0 Å². The standard InChI is InChI=1S/C11H6Cl3NO2S/c12-7-1-2-10(14)11(4-7)18(16,17)9-3-8(13)5-15-6-9/h1-6H. The lowest BCUT2D eigenvalue weighted by molar-refractivity contribution is 0.595. The Bertz CT molecular complexity index is 701. The van der Waals surface area contributed by atoms with Crippen LogP contribution in [0.3, 0.4) is 0 Å². The molecule has 0 bridgehead atoms. The molecule has 0 atom stereocenters. The van der Waals surface area contributed by atoms with Gasteiger partial charge in [0.05, 0.1) is 19.8 Å². The van der Waals surface area contributed by atoms with Crippen LogP contribution >= 0.6 is 34.8 Å². The summed E-state index contributed by atoms with van der Waals surface area (Å²) in [6.45, 7) is 0. The molecule has 0 aliphatic heterocycles. The van der Waals surface area contributed by atoms with E-state index in [0.717, 1.165) is 0 Å². The average Bonchev–Trinajstić information content (AvgIpc) is 2.32. The normalized spacial score (nSPS) is 11.5. The molecule has 1 aromatic carbocycles. The molecule has 0 aliphatic carbocycles. The number of benzene rings is 1. The summed E-state index contributed by atoms with van der Waals surface area (Å²) in [5, 5.41) is 0.613. The second-order valence-corrected chi connectivity index (χ2v) is 6.62. The largest absolute Gasteiger partial charge is 0.262 e. The van der Waals surface area contributed by atoms with E-state index in [1.165, 1.54) is 36.7 Å². The van der Waals surface area contributed by atoms with Crippen LogP contribution in [0.25, 0.3) is 0 Å². The van der Waals surface area contributed by atoms with E-state index in [-0.39, 0.29) is 24.9 Å². The SMILES string of the molecule is O=S(=O)(c1cncc(Cl)c1)c1cc(Cl)ccc1Cl. The number of hydrogen-bond donors (Lipinski definition) is 0. The van der Waals surface area contributed by atoms with Crippen molar-refractivity contribution in [2.24, 2.45) is 0 Å². The van der Waals surface area contributed by atoms with Gasteiger partial charge in [-0.15, -0.1) is 0 Å². The Morgan fingerprint density at radius 1 is 0.944 bits per heavy atom. The number of halogens is 3. The fourth-order valence-corrected chi connectivity index (χ4v) is 3.59. The van der Waals surface area contributed by atoms with Gasteiger partial charge in [0.2, 0.25) is 9.84 Å². The number of sulfone groups is 1. The maximum absolute atomic E-state index is 12.3. The monoisotopic (exact) mass is 321 g/mol. The minimum Gasteiger partial charge on any atom is -0.262 e. The fraction of sp³-hybridized carbons (Fsp3) is 0. The van der Waals surface area contributed by atoms with Gasteiger partial charge >= 0.3 is 0 Å². The van der Waals surface area contributed by atoms with E-state index in [0.29, 0.717) is 0 Å². The number of aromatic nitrogens is 1. The predicted molar refractivity (Wildman–Crippen MR) is 71.2 cm³/mol. The molecule has 7 heteroatoms. The number of pyridine rings is 1. The van der Waals surface area contributed by atoms with E-state index in [1.54, 1.807) is 0 Å². The molecule has 0 saturated heterocycles. The summed E-state index contributed by atoms with van der Waals surface area (Å²) in [7, 11) is -3.78. The molecule has 18 heavy (non-hydrogen) atoms. The van der Waals surface area contributed by atoms with Crippen LogP contribution in [0.15, 0.2) is 46.5 Å². The quantitative estimate of drug-likeness (QED) is 0.843. The van der Waals surface area contributed by atoms with Crippen molar-refractivity contribution in [2.45, 2.75) is 9.79 Å². The molecule has 2 aromatic rings. The van der Waals surface area contributed by atoms with E-state index in [1.807, 2.05) is 0 Å². The zero-order chi connectivity index (χ0) is 13.3. The summed E-state index contributed by atoms with van der Waals surface area (Å²) < 4.78 is 24.6. The molecule has 0 radical (unpaired) electrons. The summed E-state index contributed by atoms with van der Waals surface area (Å²) >= 11 is 17.4. The van der Waals surface area contributed by atoms with Crippen LogP contribution in [0.2, 0.25) is 15.1 Å². The Kier molecular flexibility index (Phi) is 3.82. The third kappa shape index (κ3) is 2.62. The first-order valence-corrected chi connectivity index (χ1v) is 7.33. The minimum absolute atomic E-state index is 0.0285. The highest BCUT2D eigenvalue weighted by molar-refractivity contribution is 7.91. The van der Waals surface area contributed by atoms with Gasteiger partial charge in [0, 0.05) is 17.4 Å². The molecular weight excluding hydrogens is 317 g/mol. The minimum atomic E-state index is -3.78. The molecule has 3 nitrogen and oxygen atoms in total. The molecule has 2 rings (SSSR count). The van der Waals surface area contributed by atoms with Crippen LogP contribution in [0.5, 0.6) is 0 Å². The van der Waals surface area contributed by atoms with Crippen molar-refractivity contribution in [1.29, 1.82) is 0 Å². The fourth-order valence-electron chi connectivity index (χ4n) is 1.35. The van der Waals surface area contributed by atoms with E-state index < -0.39 is 9.84 Å². The van der Waals surface area contributed by atoms with Crippen molar-refractivity contribution >= 4 is 44.6 Å². The molecule has 0 amide bonds. The molecule has 0 unspecified atom stereocenters. The summed E-state index contributed by atoms with van der Waals surface area (Å²) in [6, 6.07) is 5.54. The Morgan fingerprint density at radius 2 is 1.67 bits per heavy atom. The Morgan fingerprint density at radius 3 is 2.33 bits per heavy atom. The molecule has 0 fully saturated rings. The Labute approximate surface area is 119 Å². The zero-order valence-electron chi connectivity index (χ0n) is 8.77. The van der Waals surface area contributed by atoms with Gasteiger partial charge < -0.3 is 0 Å². The van der Waals surface area contributed by atoms with E-state index in [4.69, 9.17) is 34.8 Å². The lowest BCUT2D eigenvalue weighted by atomic mass is 10.4. The maximum atomic E-state index is 12.3. The highest BCUT2D eigenvalue weighted by Crippen LogP contribution is 2.30. The molecule has 1 aromatic heterocycles. The molecule has 0 N–H and O–H groups in total. The summed E-state index contributed by atoms with van der Waals surface area (Å²) in [5.74, 6) is 0. The predicted octanol–water partition coefficient (Wildman–Crippen LogP) is 3.87. The van der Waals surface area contributed by atoms with Gasteiger partial charge in [-0.05, 0) is 24.3 Å². The third-order valence-electron chi connectivity index (χ3n) is 2.17. The van der Waals surface area contributed by atoms with E-state index in [2.05, 4.69) is 4.98 Å². The summed E-state index contributed by atoms with van der Waals surface area (Å²) in [6.07, 6.45) is 2.55. The number of nitrogens with zero attached hydrogens (tertiary/aromatic N) is 1. The first-order valence-electron chi connectivity index (χ1n) is 4.72. The van der Waals surface area contributed by atoms with Crippen molar-refractivity contribution in [3.63, 3.8) is 0 Å². The first-order chi connectivity index (χ1) is 8.41. The van der Waals surface area contributed by atoms with Crippen LogP contribution in [0.4, 0.5) is 0 Å². The number of hydrogen-bond acceptors (Lipinski definition) is 3. The van der Waals surface area contributed by atoms with Crippen LogP contribution in [0.1, 0.15) is 0 Å². The van der Waals surface area contributed by atoms with Crippen molar-refractivity contribution in [3.8, 4) is 0 Å². The average molecular weight is 323 g/mol. The lowest BCUT2D eigenvalue weighted by Crippen LogP contribution is -2.03. The second kappa shape index (κ2) is 5.05. The Balaban J connectivity index is 2.65. The molecular formula is C11H6Cl3NO2S. The van der Waals surface area contributed by atoms with Crippen LogP contribution in [0, 0.1) is 0 Å². The molecule has 0 saturated carbocycles. The van der Waals surface area contributed by atoms with Crippen molar-refractivity contribution < 1.29 is 8.42 Å². The lowest BCUT2D eigenvalue weighted by Gasteiger charge is -2.07. The van der Waals surface area contributed by atoms with Gasteiger partial charge in [0.1, 0.15) is 0 Å². The summed E-state index contributed by atoms with van der Waals surface area (Å²) in [5.41, 5.74) is 0. The maximum Gasteiger partial charge on any atom is 0.209 e. The van der Waals surface area contributed by atoms with Crippen molar-refractivity contribution in [2.75, 3.05) is 0 Å². The van der Waals surface area contributed by atoms with Crippen LogP contribution in [-0.2, 0) is 9.84 Å². The highest BCUT2D eigenvalue weighted by Gasteiger charge is 2.21. The molecule has 1 heterocycles. The van der Waals surface area contributed by atoms with Gasteiger partial charge in [-0.25, -0.2) is 8.42 Å². The number of rotatable bonds is 2. The molecule has 94 valence electrons. The second-order valence-electron chi connectivity index (χ2n) is 3.42. The topological polar surface area (TPSA) is 47.0 Å². The van der Waals surface area contributed by atoms with Gasteiger partial charge in [-0.3, -0.25) is 4.98 Å². The van der Waals surface area contributed by atoms with E-state index >= 15 is 0 Å². The summed E-state index contributed by atoms with van der Waals surface area (Å²) in [4.78, 5) is 3.64. The van der Waals surface area contributed by atoms with E-state index in [9.17, 15) is 8.42 Å².